The van der Waals surface area contributed by atoms with Crippen LogP contribution in [0, 0.1) is 5.92 Å². The number of benzene rings is 1. The quantitative estimate of drug-likeness (QED) is 0.163. The molecule has 0 bridgehead atoms. The SMILES string of the molecule is NC(CO)(CCc1ccc(OCCCCC2CCCCC2)cc1)C(O)(O)C12OP1(=O)O2. The van der Waals surface area contributed by atoms with Gasteiger partial charge in [0.15, 0.2) is 0 Å². The molecule has 3 aliphatic rings. The molecule has 31 heavy (non-hydrogen) atoms. The zero-order valence-corrected chi connectivity index (χ0v) is 18.8. The van der Waals surface area contributed by atoms with E-state index in [9.17, 15) is 19.9 Å². The second-order valence-electron chi connectivity index (χ2n) is 9.24. The molecule has 1 aromatic carbocycles. The lowest BCUT2D eigenvalue weighted by Crippen LogP contribution is -2.68. The molecule has 2 saturated heterocycles. The monoisotopic (exact) mass is 455 g/mol. The van der Waals surface area contributed by atoms with Crippen LogP contribution < -0.4 is 10.5 Å². The summed E-state index contributed by atoms with van der Waals surface area (Å²) < 4.78 is 27.1. The molecule has 174 valence electrons. The van der Waals surface area contributed by atoms with Crippen molar-refractivity contribution >= 4 is 7.60 Å². The van der Waals surface area contributed by atoms with Crippen LogP contribution in [0.5, 0.6) is 5.75 Å². The first-order valence-corrected chi connectivity index (χ1v) is 12.9. The van der Waals surface area contributed by atoms with Gasteiger partial charge in [-0.3, -0.25) is 13.6 Å². The Morgan fingerprint density at radius 2 is 1.77 bits per heavy atom. The van der Waals surface area contributed by atoms with Crippen molar-refractivity contribution in [2.75, 3.05) is 13.2 Å². The molecule has 3 fully saturated rings. The molecule has 0 radical (unpaired) electrons. The fourth-order valence-electron chi connectivity index (χ4n) is 4.61. The number of nitrogens with two attached hydrogens (primary N) is 1. The molecule has 1 atom stereocenters. The molecule has 5 N–H and O–H groups in total. The number of ether oxygens (including phenoxy) is 1. The van der Waals surface area contributed by atoms with Gasteiger partial charge in [-0.1, -0.05) is 50.7 Å². The second kappa shape index (κ2) is 8.75. The van der Waals surface area contributed by atoms with Crippen LogP contribution in [0.4, 0.5) is 0 Å². The standard InChI is InChI=1S/C22H34NO7P/c23-20(16-24,21(25,26)22-29-31(22,27)30-22)14-13-18-9-11-19(12-10-18)28-15-5-4-8-17-6-2-1-3-7-17/h9-12,17,24-26H,1-8,13-16,23H2. The van der Waals surface area contributed by atoms with Crippen molar-refractivity contribution in [1.82, 2.24) is 0 Å². The molecule has 1 aliphatic carbocycles. The van der Waals surface area contributed by atoms with Crippen LogP contribution in [0.2, 0.25) is 0 Å². The van der Waals surface area contributed by atoms with Crippen LogP contribution in [-0.4, -0.2) is 45.4 Å². The maximum atomic E-state index is 11.7. The summed E-state index contributed by atoms with van der Waals surface area (Å²) in [6.45, 7) is -0.0291. The van der Waals surface area contributed by atoms with Crippen LogP contribution in [0.25, 0.3) is 0 Å². The van der Waals surface area contributed by atoms with Gasteiger partial charge in [-0.25, -0.2) is 0 Å². The Morgan fingerprint density at radius 1 is 1.13 bits per heavy atom. The molecule has 1 saturated carbocycles. The number of aliphatic hydroxyl groups is 3. The number of rotatable bonds is 12. The number of aliphatic hydroxyl groups excluding tert-OH is 1. The Balaban J connectivity index is 1.20. The zero-order chi connectivity index (χ0) is 22.2. The minimum Gasteiger partial charge on any atom is -0.494 e. The summed E-state index contributed by atoms with van der Waals surface area (Å²) in [6.07, 6.45) is 10.9. The number of aryl methyl sites for hydroxylation is 1. The molecule has 9 heteroatoms. The molecule has 1 aromatic rings. The first kappa shape index (κ1) is 23.2. The fourth-order valence-corrected chi connectivity index (χ4v) is 6.45. The van der Waals surface area contributed by atoms with Crippen LogP contribution in [0.3, 0.4) is 0 Å². The summed E-state index contributed by atoms with van der Waals surface area (Å²) in [5.74, 6) is -1.05. The normalized spacial score (nSPS) is 29.8. The maximum absolute atomic E-state index is 11.7. The highest BCUT2D eigenvalue weighted by Gasteiger charge is 3.01. The van der Waals surface area contributed by atoms with Crippen molar-refractivity contribution < 1.29 is 33.7 Å². The van der Waals surface area contributed by atoms with Gasteiger partial charge in [0.25, 0.3) is 5.79 Å². The predicted molar refractivity (Wildman–Crippen MR) is 114 cm³/mol. The van der Waals surface area contributed by atoms with Gasteiger partial charge in [0.2, 0.25) is 0 Å². The van der Waals surface area contributed by atoms with Crippen molar-refractivity contribution in [2.45, 2.75) is 81.1 Å². The zero-order valence-electron chi connectivity index (χ0n) is 17.9. The first-order valence-electron chi connectivity index (χ1n) is 11.3. The molecule has 1 unspecified atom stereocenters. The van der Waals surface area contributed by atoms with E-state index < -0.39 is 31.1 Å². The van der Waals surface area contributed by atoms with Gasteiger partial charge >= 0.3 is 13.1 Å². The molecule has 4 rings (SSSR count). The topological polar surface area (TPSA) is 138 Å². The summed E-state index contributed by atoms with van der Waals surface area (Å²) in [5.41, 5.74) is 3.15. The van der Waals surface area contributed by atoms with E-state index in [0.717, 1.165) is 23.7 Å². The van der Waals surface area contributed by atoms with Gasteiger partial charge in [-0.05, 0) is 49.3 Å². The summed E-state index contributed by atoms with van der Waals surface area (Å²) in [7, 11) is -3.42. The highest BCUT2D eigenvalue weighted by Crippen LogP contribution is 3.00. The van der Waals surface area contributed by atoms with Crippen molar-refractivity contribution in [3.05, 3.63) is 29.8 Å². The van der Waals surface area contributed by atoms with E-state index in [-0.39, 0.29) is 6.42 Å². The summed E-state index contributed by atoms with van der Waals surface area (Å²) >= 11 is 0. The molecule has 0 aromatic heterocycles. The lowest BCUT2D eigenvalue weighted by atomic mass is 9.84. The van der Waals surface area contributed by atoms with Gasteiger partial charge in [-0.15, -0.1) is 0 Å². The van der Waals surface area contributed by atoms with Crippen LogP contribution in [0.15, 0.2) is 24.3 Å². The number of hydrogen-bond donors (Lipinski definition) is 4. The van der Waals surface area contributed by atoms with Gasteiger partial charge in [0, 0.05) is 0 Å². The van der Waals surface area contributed by atoms with Crippen LogP contribution in [0.1, 0.15) is 63.4 Å². The predicted octanol–water partition coefficient (Wildman–Crippen LogP) is 3.03. The van der Waals surface area contributed by atoms with E-state index in [1.165, 1.54) is 44.9 Å². The van der Waals surface area contributed by atoms with Crippen LogP contribution in [-0.2, 0) is 20.0 Å². The molecule has 2 aliphatic heterocycles. The highest BCUT2D eigenvalue weighted by atomic mass is 31.2. The van der Waals surface area contributed by atoms with Crippen molar-refractivity contribution in [3.8, 4) is 5.75 Å². The van der Waals surface area contributed by atoms with Gasteiger partial charge < -0.3 is 25.8 Å². The largest absolute Gasteiger partial charge is 0.494 e. The average Bonchev–Trinajstić information content (AvgIpc) is 3.59. The molecule has 0 amide bonds. The summed E-state index contributed by atoms with van der Waals surface area (Å²) in [4.78, 5) is 0. The molecule has 8 nitrogen and oxygen atoms in total. The summed E-state index contributed by atoms with van der Waals surface area (Å²) in [6, 6.07) is 7.52. The Labute approximate surface area is 183 Å². The third-order valence-electron chi connectivity index (χ3n) is 6.98. The van der Waals surface area contributed by atoms with Crippen LogP contribution >= 0.6 is 7.60 Å². The van der Waals surface area contributed by atoms with E-state index in [1.807, 2.05) is 24.3 Å². The molecular formula is C22H34NO7P. The van der Waals surface area contributed by atoms with E-state index in [2.05, 4.69) is 0 Å². The fraction of sp³-hybridized carbons (Fsp3) is 0.727. The molecule has 0 spiro atoms. The second-order valence-corrected chi connectivity index (χ2v) is 11.2. The van der Waals surface area contributed by atoms with Crippen molar-refractivity contribution in [2.24, 2.45) is 11.7 Å². The Bertz CT molecular complexity index is 799. The van der Waals surface area contributed by atoms with Crippen molar-refractivity contribution in [1.29, 1.82) is 0 Å². The number of hydrogen-bond acceptors (Lipinski definition) is 8. The Hall–Kier alpha value is -0.990. The third-order valence-corrected chi connectivity index (χ3v) is 8.86. The lowest BCUT2D eigenvalue weighted by molar-refractivity contribution is -0.290. The summed E-state index contributed by atoms with van der Waals surface area (Å²) in [5, 5.41) is 30.5. The van der Waals surface area contributed by atoms with E-state index in [0.29, 0.717) is 13.0 Å². The van der Waals surface area contributed by atoms with E-state index >= 15 is 0 Å². The van der Waals surface area contributed by atoms with Crippen molar-refractivity contribution in [3.63, 3.8) is 0 Å². The Kier molecular flexibility index (Phi) is 6.54. The minimum atomic E-state index is -3.42. The van der Waals surface area contributed by atoms with E-state index in [1.54, 1.807) is 0 Å². The molecular weight excluding hydrogens is 421 g/mol. The highest BCUT2D eigenvalue weighted by molar-refractivity contribution is 7.68. The van der Waals surface area contributed by atoms with Gasteiger partial charge in [0.05, 0.1) is 18.8 Å². The van der Waals surface area contributed by atoms with E-state index in [4.69, 9.17) is 19.5 Å². The average molecular weight is 455 g/mol. The number of fused-ring (bicyclic) bond motifs is 1. The lowest BCUT2D eigenvalue weighted by Gasteiger charge is -2.38. The Morgan fingerprint density at radius 3 is 2.35 bits per heavy atom. The minimum absolute atomic E-state index is 0.0341. The smallest absolute Gasteiger partial charge is 0.403 e. The molecule has 2 heterocycles. The first-order chi connectivity index (χ1) is 14.8. The van der Waals surface area contributed by atoms with Gasteiger partial charge in [0.1, 0.15) is 5.75 Å². The number of unbranched alkanes of at least 4 members (excludes halogenated alkanes) is 1. The third kappa shape index (κ3) is 4.44. The maximum Gasteiger partial charge on any atom is 0.403 e. The van der Waals surface area contributed by atoms with Gasteiger partial charge in [-0.2, -0.15) is 0 Å².